The van der Waals surface area contributed by atoms with Crippen molar-refractivity contribution in [3.8, 4) is 11.3 Å². The summed E-state index contributed by atoms with van der Waals surface area (Å²) in [5.41, 5.74) is 8.05. The Bertz CT molecular complexity index is 1170. The van der Waals surface area contributed by atoms with Crippen LogP contribution < -0.4 is 5.32 Å². The molecular formula is C24H25N3OS. The van der Waals surface area contributed by atoms with E-state index in [1.807, 2.05) is 16.0 Å². The maximum absolute atomic E-state index is 12.4. The van der Waals surface area contributed by atoms with Crippen LogP contribution in [-0.4, -0.2) is 21.8 Å². The fraction of sp³-hybridized carbons (Fsp3) is 0.250. The summed E-state index contributed by atoms with van der Waals surface area (Å²) in [5.74, 6) is 0.0405. The molecule has 4 rings (SSSR count). The molecule has 1 N–H and O–H groups in total. The van der Waals surface area contributed by atoms with Crippen molar-refractivity contribution in [2.24, 2.45) is 0 Å². The predicted molar refractivity (Wildman–Crippen MR) is 120 cm³/mol. The highest BCUT2D eigenvalue weighted by Gasteiger charge is 2.13. The highest BCUT2D eigenvalue weighted by atomic mass is 32.1. The van der Waals surface area contributed by atoms with Gasteiger partial charge in [-0.3, -0.25) is 9.20 Å². The third kappa shape index (κ3) is 4.40. The van der Waals surface area contributed by atoms with Gasteiger partial charge in [0.25, 0.3) is 0 Å². The molecule has 2 aromatic carbocycles. The molecular weight excluding hydrogens is 378 g/mol. The standard InChI is InChI=1S/C24H25N3OS/c1-16-5-4-6-19(11-16)9-10-25-23(28)13-21-15-29-24-26-22(14-27(21)24)20-8-7-17(2)18(3)12-20/h4-8,11-12,14-15H,9-10,13H2,1-3H3,(H,25,28). The van der Waals surface area contributed by atoms with Gasteiger partial charge in [-0.15, -0.1) is 11.3 Å². The Morgan fingerprint density at radius 1 is 1.10 bits per heavy atom. The first-order valence-electron chi connectivity index (χ1n) is 9.85. The van der Waals surface area contributed by atoms with Crippen LogP contribution in [0.25, 0.3) is 16.2 Å². The molecule has 0 saturated carbocycles. The molecule has 0 saturated heterocycles. The van der Waals surface area contributed by atoms with E-state index in [-0.39, 0.29) is 5.91 Å². The largest absolute Gasteiger partial charge is 0.355 e. The molecule has 0 unspecified atom stereocenters. The molecule has 2 aromatic heterocycles. The molecule has 0 radical (unpaired) electrons. The molecule has 148 valence electrons. The second-order valence-corrected chi connectivity index (χ2v) is 8.41. The van der Waals surface area contributed by atoms with Crippen molar-refractivity contribution in [3.63, 3.8) is 0 Å². The van der Waals surface area contributed by atoms with Crippen molar-refractivity contribution < 1.29 is 4.79 Å². The lowest BCUT2D eigenvalue weighted by molar-refractivity contribution is -0.120. The first-order chi connectivity index (χ1) is 14.0. The molecule has 0 bridgehead atoms. The van der Waals surface area contributed by atoms with Crippen molar-refractivity contribution >= 4 is 22.2 Å². The molecule has 0 fully saturated rings. The van der Waals surface area contributed by atoms with Gasteiger partial charge in [-0.1, -0.05) is 42.0 Å². The fourth-order valence-electron chi connectivity index (χ4n) is 3.44. The highest BCUT2D eigenvalue weighted by Crippen LogP contribution is 2.25. The van der Waals surface area contributed by atoms with Gasteiger partial charge in [0.2, 0.25) is 5.91 Å². The maximum atomic E-state index is 12.4. The van der Waals surface area contributed by atoms with E-state index >= 15 is 0 Å². The minimum Gasteiger partial charge on any atom is -0.355 e. The van der Waals surface area contributed by atoms with Crippen LogP contribution in [0.1, 0.15) is 27.9 Å². The summed E-state index contributed by atoms with van der Waals surface area (Å²) in [7, 11) is 0. The number of benzene rings is 2. The smallest absolute Gasteiger partial charge is 0.225 e. The number of hydrogen-bond acceptors (Lipinski definition) is 3. The summed E-state index contributed by atoms with van der Waals surface area (Å²) in [6.45, 7) is 6.96. The molecule has 0 aliphatic rings. The zero-order valence-electron chi connectivity index (χ0n) is 17.0. The Morgan fingerprint density at radius 3 is 2.76 bits per heavy atom. The number of aryl methyl sites for hydroxylation is 3. The number of thiazole rings is 1. The van der Waals surface area contributed by atoms with Crippen LogP contribution in [0.15, 0.2) is 54.0 Å². The fourth-order valence-corrected chi connectivity index (χ4v) is 4.31. The zero-order valence-corrected chi connectivity index (χ0v) is 17.8. The summed E-state index contributed by atoms with van der Waals surface area (Å²) in [4.78, 5) is 18.1. The van der Waals surface area contributed by atoms with Gasteiger partial charge in [0, 0.05) is 29.4 Å². The third-order valence-corrected chi connectivity index (χ3v) is 6.13. The lowest BCUT2D eigenvalue weighted by Crippen LogP contribution is -2.27. The second-order valence-electron chi connectivity index (χ2n) is 7.57. The van der Waals surface area contributed by atoms with E-state index in [2.05, 4.69) is 68.6 Å². The number of amides is 1. The number of nitrogens with one attached hydrogen (secondary N) is 1. The summed E-state index contributed by atoms with van der Waals surface area (Å²) in [6.07, 6.45) is 3.23. The number of carbonyl (C=O) groups is 1. The molecule has 2 heterocycles. The van der Waals surface area contributed by atoms with E-state index < -0.39 is 0 Å². The van der Waals surface area contributed by atoms with Gasteiger partial charge in [0.15, 0.2) is 4.96 Å². The van der Waals surface area contributed by atoms with Crippen LogP contribution in [0, 0.1) is 20.8 Å². The number of imidazole rings is 1. The van der Waals surface area contributed by atoms with Crippen LogP contribution >= 0.6 is 11.3 Å². The Morgan fingerprint density at radius 2 is 1.97 bits per heavy atom. The molecule has 5 heteroatoms. The quantitative estimate of drug-likeness (QED) is 0.498. The van der Waals surface area contributed by atoms with Crippen LogP contribution in [0.3, 0.4) is 0 Å². The minimum atomic E-state index is 0.0405. The Hall–Kier alpha value is -2.92. The Balaban J connectivity index is 1.42. The average Bonchev–Trinajstić information content (AvgIpc) is 3.26. The first kappa shape index (κ1) is 19.4. The van der Waals surface area contributed by atoms with Gasteiger partial charge in [0.1, 0.15) is 0 Å². The highest BCUT2D eigenvalue weighted by molar-refractivity contribution is 7.15. The number of rotatable bonds is 6. The van der Waals surface area contributed by atoms with Crippen molar-refractivity contribution in [1.29, 1.82) is 0 Å². The van der Waals surface area contributed by atoms with Crippen LogP contribution in [-0.2, 0) is 17.6 Å². The minimum absolute atomic E-state index is 0.0405. The van der Waals surface area contributed by atoms with Crippen molar-refractivity contribution in [3.05, 3.63) is 82.0 Å². The molecule has 0 aliphatic heterocycles. The number of fused-ring (bicyclic) bond motifs is 1. The number of aromatic nitrogens is 2. The van der Waals surface area contributed by atoms with Gasteiger partial charge in [-0.25, -0.2) is 4.98 Å². The molecule has 0 aliphatic carbocycles. The lowest BCUT2D eigenvalue weighted by Gasteiger charge is -2.06. The normalized spacial score (nSPS) is 11.1. The van der Waals surface area contributed by atoms with Crippen molar-refractivity contribution in [2.75, 3.05) is 6.54 Å². The molecule has 29 heavy (non-hydrogen) atoms. The molecule has 0 atom stereocenters. The van der Waals surface area contributed by atoms with E-state index in [4.69, 9.17) is 4.98 Å². The monoisotopic (exact) mass is 403 g/mol. The van der Waals surface area contributed by atoms with E-state index in [9.17, 15) is 4.79 Å². The number of carbonyl (C=O) groups excluding carboxylic acids is 1. The van der Waals surface area contributed by atoms with Gasteiger partial charge in [0.05, 0.1) is 12.1 Å². The molecule has 0 spiro atoms. The Kier molecular flexibility index (Phi) is 5.49. The average molecular weight is 404 g/mol. The van der Waals surface area contributed by atoms with Gasteiger partial charge in [-0.2, -0.15) is 0 Å². The summed E-state index contributed by atoms with van der Waals surface area (Å²) in [6, 6.07) is 14.8. The van der Waals surface area contributed by atoms with Gasteiger partial charge >= 0.3 is 0 Å². The third-order valence-electron chi connectivity index (χ3n) is 5.25. The second kappa shape index (κ2) is 8.21. The van der Waals surface area contributed by atoms with Crippen LogP contribution in [0.4, 0.5) is 0 Å². The lowest BCUT2D eigenvalue weighted by atomic mass is 10.0. The number of nitrogens with zero attached hydrogens (tertiary/aromatic N) is 2. The summed E-state index contributed by atoms with van der Waals surface area (Å²) < 4.78 is 2.04. The first-order valence-corrected chi connectivity index (χ1v) is 10.7. The van der Waals surface area contributed by atoms with Gasteiger partial charge in [-0.05, 0) is 49.9 Å². The molecule has 4 aromatic rings. The van der Waals surface area contributed by atoms with E-state index in [0.29, 0.717) is 13.0 Å². The zero-order chi connectivity index (χ0) is 20.4. The summed E-state index contributed by atoms with van der Waals surface area (Å²) in [5, 5.41) is 5.06. The van der Waals surface area contributed by atoms with E-state index in [1.165, 1.54) is 22.3 Å². The van der Waals surface area contributed by atoms with Crippen molar-refractivity contribution in [1.82, 2.24) is 14.7 Å². The maximum Gasteiger partial charge on any atom is 0.225 e. The predicted octanol–water partition coefficient (Wildman–Crippen LogP) is 4.89. The Labute approximate surface area is 175 Å². The molecule has 1 amide bonds. The topological polar surface area (TPSA) is 46.4 Å². The summed E-state index contributed by atoms with van der Waals surface area (Å²) >= 11 is 1.57. The number of hydrogen-bond donors (Lipinski definition) is 1. The van der Waals surface area contributed by atoms with E-state index in [1.54, 1.807) is 11.3 Å². The SMILES string of the molecule is Cc1cccc(CCNC(=O)Cc2csc3nc(-c4ccc(C)c(C)c4)cn23)c1. The van der Waals surface area contributed by atoms with Gasteiger partial charge < -0.3 is 5.32 Å². The van der Waals surface area contributed by atoms with Crippen molar-refractivity contribution in [2.45, 2.75) is 33.6 Å². The van der Waals surface area contributed by atoms with E-state index in [0.717, 1.165) is 28.3 Å². The molecule has 4 nitrogen and oxygen atoms in total. The van der Waals surface area contributed by atoms with Crippen LogP contribution in [0.2, 0.25) is 0 Å². The van der Waals surface area contributed by atoms with Crippen LogP contribution in [0.5, 0.6) is 0 Å².